The number of pyridine rings is 1. The van der Waals surface area contributed by atoms with E-state index in [0.717, 1.165) is 67.2 Å². The number of benzene rings is 8. The van der Waals surface area contributed by atoms with E-state index < -0.39 is 5.41 Å². The second-order valence-corrected chi connectivity index (χ2v) is 15.3. The molecule has 0 bridgehead atoms. The van der Waals surface area contributed by atoms with Crippen LogP contribution in [0.1, 0.15) is 22.3 Å². The molecule has 1 aliphatic heterocycles. The van der Waals surface area contributed by atoms with Crippen LogP contribution in [0.2, 0.25) is 0 Å². The van der Waals surface area contributed by atoms with Crippen molar-refractivity contribution in [2.75, 3.05) is 0 Å². The molecule has 0 unspecified atom stereocenters. The third-order valence-corrected chi connectivity index (χ3v) is 12.2. The molecule has 10 aromatic rings. The standard InChI is InChI=1S/C55H35N3/c1-3-16-36(17-4-1)50-34-42(35-51(56-50)37-18-5-2-6-19-37)40-22-13-20-38(32-40)39-21-14-23-41(33-39)54-57-49-30-15-29-48-53(49)58(54)52-31-12-11-28-47(52)55(48)45-26-9-7-24-43(45)44-25-8-10-27-46(44)55/h1-35H. The zero-order chi connectivity index (χ0) is 38.2. The maximum Gasteiger partial charge on any atom is 0.145 e. The van der Waals surface area contributed by atoms with Crippen molar-refractivity contribution in [3.8, 4) is 73.0 Å². The molecule has 0 atom stereocenters. The molecule has 270 valence electrons. The zero-order valence-corrected chi connectivity index (χ0v) is 31.5. The molecule has 1 spiro atoms. The zero-order valence-electron chi connectivity index (χ0n) is 31.5. The van der Waals surface area contributed by atoms with Gasteiger partial charge in [-0.1, -0.05) is 176 Å². The van der Waals surface area contributed by atoms with Crippen molar-refractivity contribution in [2.24, 2.45) is 0 Å². The lowest BCUT2D eigenvalue weighted by molar-refractivity contribution is 0.746. The predicted molar refractivity (Wildman–Crippen MR) is 237 cm³/mol. The minimum absolute atomic E-state index is 0.452. The maximum absolute atomic E-state index is 5.45. The Bertz CT molecular complexity index is 3130. The van der Waals surface area contributed by atoms with Gasteiger partial charge >= 0.3 is 0 Å². The summed E-state index contributed by atoms with van der Waals surface area (Å²) in [6, 6.07) is 76.6. The Hall–Kier alpha value is -7.62. The average Bonchev–Trinajstić information content (AvgIpc) is 3.84. The largest absolute Gasteiger partial charge is 0.292 e. The quantitative estimate of drug-likeness (QED) is 0.176. The molecule has 2 aromatic heterocycles. The van der Waals surface area contributed by atoms with Crippen LogP contribution in [-0.4, -0.2) is 14.5 Å². The Kier molecular flexibility index (Phi) is 7.14. The van der Waals surface area contributed by atoms with Gasteiger partial charge in [0.15, 0.2) is 0 Å². The predicted octanol–water partition coefficient (Wildman–Crippen LogP) is 13.4. The highest BCUT2D eigenvalue weighted by molar-refractivity contribution is 5.97. The van der Waals surface area contributed by atoms with Crippen molar-refractivity contribution in [3.63, 3.8) is 0 Å². The number of imidazole rings is 1. The molecule has 8 aromatic carbocycles. The number of hydrogen-bond donors (Lipinski definition) is 0. The number of rotatable bonds is 5. The van der Waals surface area contributed by atoms with Crippen LogP contribution in [0.4, 0.5) is 0 Å². The number of hydrogen-bond acceptors (Lipinski definition) is 2. The number of para-hydroxylation sites is 2. The van der Waals surface area contributed by atoms with Gasteiger partial charge in [0.05, 0.1) is 33.5 Å². The molecule has 0 radical (unpaired) electrons. The van der Waals surface area contributed by atoms with Crippen LogP contribution in [0.3, 0.4) is 0 Å². The van der Waals surface area contributed by atoms with Crippen LogP contribution in [-0.2, 0) is 5.41 Å². The van der Waals surface area contributed by atoms with Crippen molar-refractivity contribution in [1.29, 1.82) is 0 Å². The van der Waals surface area contributed by atoms with Gasteiger partial charge in [-0.3, -0.25) is 4.57 Å². The first-order valence-electron chi connectivity index (χ1n) is 19.9. The lowest BCUT2D eigenvalue weighted by Gasteiger charge is -2.39. The van der Waals surface area contributed by atoms with E-state index in [2.05, 4.69) is 205 Å². The molecule has 12 rings (SSSR count). The molecule has 0 amide bonds. The summed E-state index contributed by atoms with van der Waals surface area (Å²) in [6.45, 7) is 0. The van der Waals surface area contributed by atoms with E-state index in [1.165, 1.54) is 39.1 Å². The van der Waals surface area contributed by atoms with Gasteiger partial charge in [0.1, 0.15) is 5.82 Å². The van der Waals surface area contributed by atoms with E-state index in [9.17, 15) is 0 Å². The summed E-state index contributed by atoms with van der Waals surface area (Å²) >= 11 is 0. The van der Waals surface area contributed by atoms with Crippen LogP contribution >= 0.6 is 0 Å². The molecular formula is C55H35N3. The topological polar surface area (TPSA) is 30.7 Å². The van der Waals surface area contributed by atoms with Gasteiger partial charge in [0.2, 0.25) is 0 Å². The smallest absolute Gasteiger partial charge is 0.145 e. The molecule has 0 saturated carbocycles. The number of aromatic nitrogens is 3. The number of nitrogens with zero attached hydrogens (tertiary/aromatic N) is 3. The van der Waals surface area contributed by atoms with Gasteiger partial charge in [-0.25, -0.2) is 9.97 Å². The van der Waals surface area contributed by atoms with E-state index >= 15 is 0 Å². The Morgan fingerprint density at radius 1 is 0.328 bits per heavy atom. The molecule has 3 heterocycles. The van der Waals surface area contributed by atoms with Crippen LogP contribution in [0.25, 0.3) is 84.0 Å². The molecule has 0 fully saturated rings. The summed E-state index contributed by atoms with van der Waals surface area (Å²) in [6.07, 6.45) is 0. The summed E-state index contributed by atoms with van der Waals surface area (Å²) in [7, 11) is 0. The van der Waals surface area contributed by atoms with E-state index in [1.54, 1.807) is 0 Å². The van der Waals surface area contributed by atoms with Gasteiger partial charge in [-0.05, 0) is 92.0 Å². The molecular weight excluding hydrogens is 703 g/mol. The lowest BCUT2D eigenvalue weighted by Crippen LogP contribution is -2.33. The molecule has 2 aliphatic rings. The Morgan fingerprint density at radius 3 is 1.43 bits per heavy atom. The summed E-state index contributed by atoms with van der Waals surface area (Å²) < 4.78 is 2.41. The molecule has 3 nitrogen and oxygen atoms in total. The third kappa shape index (κ3) is 4.74. The van der Waals surface area contributed by atoms with Crippen molar-refractivity contribution in [1.82, 2.24) is 14.5 Å². The third-order valence-electron chi connectivity index (χ3n) is 12.2. The lowest BCUT2D eigenvalue weighted by atomic mass is 9.65. The highest BCUT2D eigenvalue weighted by atomic mass is 15.1. The van der Waals surface area contributed by atoms with Gasteiger partial charge < -0.3 is 0 Å². The Balaban J connectivity index is 1.01. The monoisotopic (exact) mass is 737 g/mol. The highest BCUT2D eigenvalue weighted by Gasteiger charge is 2.50. The van der Waals surface area contributed by atoms with Crippen LogP contribution in [0, 0.1) is 0 Å². The van der Waals surface area contributed by atoms with Crippen molar-refractivity contribution < 1.29 is 0 Å². The first-order chi connectivity index (χ1) is 28.8. The SMILES string of the molecule is c1ccc(-c2cc(-c3cccc(-c4cccc(-c5nc6cccc7c6n5-c5ccccc5C75c6ccccc6-c6ccccc65)c4)c3)cc(-c3ccccc3)n2)cc1. The van der Waals surface area contributed by atoms with Gasteiger partial charge in [0.25, 0.3) is 0 Å². The second-order valence-electron chi connectivity index (χ2n) is 15.3. The van der Waals surface area contributed by atoms with Crippen LogP contribution < -0.4 is 0 Å². The molecule has 0 saturated heterocycles. The summed E-state index contributed by atoms with van der Waals surface area (Å²) in [5.41, 5.74) is 20.4. The normalized spacial score (nSPS) is 13.0. The average molecular weight is 738 g/mol. The maximum atomic E-state index is 5.45. The molecule has 3 heteroatoms. The van der Waals surface area contributed by atoms with Crippen molar-refractivity contribution in [2.45, 2.75) is 5.41 Å². The summed E-state index contributed by atoms with van der Waals surface area (Å²) in [5.74, 6) is 0.941. The van der Waals surface area contributed by atoms with Gasteiger partial charge in [0, 0.05) is 16.7 Å². The number of fused-ring (bicyclic) bond motifs is 9. The summed E-state index contributed by atoms with van der Waals surface area (Å²) in [4.78, 5) is 10.6. The van der Waals surface area contributed by atoms with Crippen LogP contribution in [0.15, 0.2) is 212 Å². The minimum atomic E-state index is -0.452. The van der Waals surface area contributed by atoms with Gasteiger partial charge in [-0.2, -0.15) is 0 Å². The van der Waals surface area contributed by atoms with E-state index in [4.69, 9.17) is 9.97 Å². The first kappa shape index (κ1) is 32.6. The minimum Gasteiger partial charge on any atom is -0.292 e. The van der Waals surface area contributed by atoms with E-state index in [0.29, 0.717) is 0 Å². The molecule has 1 aliphatic carbocycles. The van der Waals surface area contributed by atoms with E-state index in [-0.39, 0.29) is 0 Å². The fraction of sp³-hybridized carbons (Fsp3) is 0.0182. The summed E-state index contributed by atoms with van der Waals surface area (Å²) in [5, 5.41) is 0. The Morgan fingerprint density at radius 2 is 0.793 bits per heavy atom. The van der Waals surface area contributed by atoms with Crippen molar-refractivity contribution >= 4 is 11.0 Å². The van der Waals surface area contributed by atoms with Crippen LogP contribution in [0.5, 0.6) is 0 Å². The highest BCUT2D eigenvalue weighted by Crippen LogP contribution is 2.60. The second kappa shape index (κ2) is 12.7. The fourth-order valence-electron chi connectivity index (χ4n) is 9.73. The first-order valence-corrected chi connectivity index (χ1v) is 19.9. The fourth-order valence-corrected chi connectivity index (χ4v) is 9.73. The molecule has 0 N–H and O–H groups in total. The van der Waals surface area contributed by atoms with Crippen molar-refractivity contribution in [3.05, 3.63) is 235 Å². The van der Waals surface area contributed by atoms with E-state index in [1.807, 2.05) is 12.1 Å². The Labute approximate surface area is 337 Å². The van der Waals surface area contributed by atoms with Gasteiger partial charge in [-0.15, -0.1) is 0 Å². The molecule has 58 heavy (non-hydrogen) atoms.